The third kappa shape index (κ3) is 3.39. The van der Waals surface area contributed by atoms with Gasteiger partial charge in [-0.1, -0.05) is 26.0 Å². The molecular formula is C14H17NO3S2. The lowest BCUT2D eigenvalue weighted by molar-refractivity contribution is 0.465. The topological polar surface area (TPSA) is 66.4 Å². The molecule has 2 rings (SSSR count). The van der Waals surface area contributed by atoms with Crippen LogP contribution in [0.3, 0.4) is 0 Å². The Morgan fingerprint density at radius 3 is 2.50 bits per heavy atom. The lowest BCUT2D eigenvalue weighted by Crippen LogP contribution is -2.31. The maximum absolute atomic E-state index is 12.4. The van der Waals surface area contributed by atoms with Gasteiger partial charge in [-0.2, -0.15) is 0 Å². The van der Waals surface area contributed by atoms with Crippen molar-refractivity contribution < 1.29 is 13.5 Å². The van der Waals surface area contributed by atoms with Crippen LogP contribution in [0.1, 0.15) is 24.8 Å². The van der Waals surface area contributed by atoms with E-state index in [2.05, 4.69) is 4.72 Å². The van der Waals surface area contributed by atoms with Crippen molar-refractivity contribution in [1.29, 1.82) is 0 Å². The summed E-state index contributed by atoms with van der Waals surface area (Å²) in [4.78, 5) is 1.04. The number of thiophene rings is 1. The van der Waals surface area contributed by atoms with E-state index in [4.69, 9.17) is 0 Å². The molecule has 1 heterocycles. The Balaban J connectivity index is 2.31. The fraction of sp³-hybridized carbons (Fsp3) is 0.286. The van der Waals surface area contributed by atoms with E-state index in [9.17, 15) is 13.5 Å². The first kappa shape index (κ1) is 15.0. The Morgan fingerprint density at radius 1 is 1.20 bits per heavy atom. The highest BCUT2D eigenvalue weighted by Gasteiger charge is 2.24. The number of rotatable bonds is 5. The van der Waals surface area contributed by atoms with Crippen LogP contribution in [0.2, 0.25) is 0 Å². The van der Waals surface area contributed by atoms with Gasteiger partial charge < -0.3 is 5.11 Å². The fourth-order valence-corrected chi connectivity index (χ4v) is 4.30. The maximum atomic E-state index is 12.4. The molecule has 1 atom stereocenters. The molecule has 0 saturated heterocycles. The first-order valence-electron chi connectivity index (χ1n) is 6.25. The summed E-state index contributed by atoms with van der Waals surface area (Å²) in [5.41, 5.74) is 0. The number of aromatic hydroxyl groups is 1. The van der Waals surface area contributed by atoms with E-state index in [0.29, 0.717) is 0 Å². The summed E-state index contributed by atoms with van der Waals surface area (Å²) < 4.78 is 27.5. The predicted molar refractivity (Wildman–Crippen MR) is 80.3 cm³/mol. The van der Waals surface area contributed by atoms with Crippen LogP contribution in [-0.4, -0.2) is 13.5 Å². The average Bonchev–Trinajstić information content (AvgIpc) is 2.89. The molecule has 4 nitrogen and oxygen atoms in total. The summed E-state index contributed by atoms with van der Waals surface area (Å²) in [6.45, 7) is 3.94. The molecule has 2 N–H and O–H groups in total. The minimum atomic E-state index is -3.66. The molecule has 1 aromatic heterocycles. The first-order valence-corrected chi connectivity index (χ1v) is 8.61. The van der Waals surface area contributed by atoms with E-state index >= 15 is 0 Å². The van der Waals surface area contributed by atoms with E-state index in [1.54, 1.807) is 0 Å². The third-order valence-electron chi connectivity index (χ3n) is 2.93. The number of benzene rings is 1. The molecule has 108 valence electrons. The third-order valence-corrected chi connectivity index (χ3v) is 5.32. The summed E-state index contributed by atoms with van der Waals surface area (Å²) >= 11 is 1.52. The van der Waals surface area contributed by atoms with Gasteiger partial charge in [-0.15, -0.1) is 11.3 Å². The lowest BCUT2D eigenvalue weighted by Gasteiger charge is -2.21. The number of nitrogens with one attached hydrogen (secondary N) is 1. The van der Waals surface area contributed by atoms with Crippen molar-refractivity contribution in [3.05, 3.63) is 46.7 Å². The summed E-state index contributed by atoms with van der Waals surface area (Å²) in [5, 5.41) is 11.3. The van der Waals surface area contributed by atoms with Crippen molar-refractivity contribution in [1.82, 2.24) is 4.72 Å². The second kappa shape index (κ2) is 5.95. The number of phenols is 1. The normalized spacial score (nSPS) is 13.6. The molecule has 0 fully saturated rings. The Hall–Kier alpha value is -1.37. The van der Waals surface area contributed by atoms with Crippen LogP contribution in [-0.2, 0) is 10.0 Å². The first-order chi connectivity index (χ1) is 9.40. The molecule has 0 spiro atoms. The standard InChI is InChI=1S/C14H17NO3S2/c1-10(2)14(13-7-4-8-19-13)15-20(17,18)12-6-3-5-11(16)9-12/h3-10,14-16H,1-2H3. The average molecular weight is 311 g/mol. The molecule has 0 aliphatic carbocycles. The van der Waals surface area contributed by atoms with E-state index in [0.717, 1.165) is 4.88 Å². The van der Waals surface area contributed by atoms with Gasteiger partial charge in [0.2, 0.25) is 10.0 Å². The van der Waals surface area contributed by atoms with Gasteiger partial charge in [-0.3, -0.25) is 0 Å². The van der Waals surface area contributed by atoms with Crippen molar-refractivity contribution in [2.45, 2.75) is 24.8 Å². The molecule has 0 saturated carbocycles. The highest BCUT2D eigenvalue weighted by atomic mass is 32.2. The second-order valence-electron chi connectivity index (χ2n) is 4.86. The Kier molecular flexibility index (Phi) is 4.47. The SMILES string of the molecule is CC(C)C(NS(=O)(=O)c1cccc(O)c1)c1cccs1. The molecule has 0 aliphatic heterocycles. The predicted octanol–water partition coefficient (Wildman–Crippen LogP) is 3.13. The summed E-state index contributed by atoms with van der Waals surface area (Å²) in [7, 11) is -3.66. The van der Waals surface area contributed by atoms with Crippen LogP contribution < -0.4 is 4.72 Å². The van der Waals surface area contributed by atoms with Crippen molar-refractivity contribution in [3.63, 3.8) is 0 Å². The zero-order valence-corrected chi connectivity index (χ0v) is 12.9. The zero-order valence-electron chi connectivity index (χ0n) is 11.3. The molecule has 1 unspecified atom stereocenters. The van der Waals surface area contributed by atoms with E-state index in [1.165, 1.54) is 35.6 Å². The van der Waals surface area contributed by atoms with Gasteiger partial charge >= 0.3 is 0 Å². The van der Waals surface area contributed by atoms with Crippen molar-refractivity contribution in [2.75, 3.05) is 0 Å². The summed E-state index contributed by atoms with van der Waals surface area (Å²) in [6, 6.07) is 9.21. The van der Waals surface area contributed by atoms with Gasteiger partial charge in [0.05, 0.1) is 10.9 Å². The van der Waals surface area contributed by atoms with Gasteiger partial charge in [0.15, 0.2) is 0 Å². The zero-order chi connectivity index (χ0) is 14.8. The Morgan fingerprint density at radius 2 is 1.95 bits per heavy atom. The van der Waals surface area contributed by atoms with Crippen LogP contribution >= 0.6 is 11.3 Å². The van der Waals surface area contributed by atoms with E-state index < -0.39 is 10.0 Å². The van der Waals surface area contributed by atoms with Crippen LogP contribution in [0, 0.1) is 5.92 Å². The Bertz CT molecular complexity index is 663. The largest absolute Gasteiger partial charge is 0.508 e. The number of hydrogen-bond acceptors (Lipinski definition) is 4. The lowest BCUT2D eigenvalue weighted by atomic mass is 10.0. The fourth-order valence-electron chi connectivity index (χ4n) is 1.88. The smallest absolute Gasteiger partial charge is 0.241 e. The molecule has 2 aromatic rings. The minimum Gasteiger partial charge on any atom is -0.508 e. The van der Waals surface area contributed by atoms with Crippen LogP contribution in [0.5, 0.6) is 5.75 Å². The van der Waals surface area contributed by atoms with E-state index in [-0.39, 0.29) is 22.6 Å². The summed E-state index contributed by atoms with van der Waals surface area (Å²) in [6.07, 6.45) is 0. The molecule has 20 heavy (non-hydrogen) atoms. The van der Waals surface area contributed by atoms with Gasteiger partial charge in [-0.25, -0.2) is 13.1 Å². The quantitative estimate of drug-likeness (QED) is 0.891. The van der Waals surface area contributed by atoms with E-state index in [1.807, 2.05) is 31.4 Å². The van der Waals surface area contributed by atoms with Crippen LogP contribution in [0.4, 0.5) is 0 Å². The van der Waals surface area contributed by atoms with Crippen molar-refractivity contribution >= 4 is 21.4 Å². The van der Waals surface area contributed by atoms with Crippen LogP contribution in [0.15, 0.2) is 46.7 Å². The monoisotopic (exact) mass is 311 g/mol. The Labute approximate surface area is 123 Å². The molecule has 0 bridgehead atoms. The summed E-state index contributed by atoms with van der Waals surface area (Å²) in [5.74, 6) is 0.0610. The maximum Gasteiger partial charge on any atom is 0.241 e. The van der Waals surface area contributed by atoms with Gasteiger partial charge in [0, 0.05) is 4.88 Å². The number of hydrogen-bond donors (Lipinski definition) is 2. The minimum absolute atomic E-state index is 0.0647. The van der Waals surface area contributed by atoms with Crippen molar-refractivity contribution in [3.8, 4) is 5.75 Å². The van der Waals surface area contributed by atoms with Crippen LogP contribution in [0.25, 0.3) is 0 Å². The molecule has 1 aromatic carbocycles. The van der Waals surface area contributed by atoms with Gasteiger partial charge in [0.25, 0.3) is 0 Å². The highest BCUT2D eigenvalue weighted by molar-refractivity contribution is 7.89. The molecule has 0 radical (unpaired) electrons. The second-order valence-corrected chi connectivity index (χ2v) is 7.55. The molecular weight excluding hydrogens is 294 g/mol. The molecule has 6 heteroatoms. The number of sulfonamides is 1. The van der Waals surface area contributed by atoms with Gasteiger partial charge in [0.1, 0.15) is 5.75 Å². The highest BCUT2D eigenvalue weighted by Crippen LogP contribution is 2.28. The van der Waals surface area contributed by atoms with Gasteiger partial charge in [-0.05, 0) is 35.6 Å². The molecule has 0 aliphatic rings. The van der Waals surface area contributed by atoms with Crippen molar-refractivity contribution in [2.24, 2.45) is 5.92 Å². The molecule has 0 amide bonds. The number of phenolic OH excluding ortho intramolecular Hbond substituents is 1.